The van der Waals surface area contributed by atoms with Crippen LogP contribution in [0.2, 0.25) is 0 Å². The fraction of sp³-hybridized carbons (Fsp3) is 0.238. The lowest BCUT2D eigenvalue weighted by Gasteiger charge is -2.26. The third kappa shape index (κ3) is 3.80. The third-order valence-electron chi connectivity index (χ3n) is 4.66. The second-order valence-electron chi connectivity index (χ2n) is 6.71. The molecular formula is C21H19FN4O4. The monoisotopic (exact) mass is 410 g/mol. The van der Waals surface area contributed by atoms with E-state index in [4.69, 9.17) is 4.74 Å². The number of nitrogens with one attached hydrogen (secondary N) is 2. The number of allylic oxidation sites excluding steroid dienone is 3. The van der Waals surface area contributed by atoms with Crippen LogP contribution in [0.1, 0.15) is 22.8 Å². The zero-order chi connectivity index (χ0) is 21.9. The molecule has 1 atom stereocenters. The summed E-state index contributed by atoms with van der Waals surface area (Å²) in [5.41, 5.74) is -0.718. The van der Waals surface area contributed by atoms with Gasteiger partial charge >= 0.3 is 6.03 Å². The number of ether oxygens (including phenoxy) is 1. The van der Waals surface area contributed by atoms with Gasteiger partial charge in [-0.05, 0) is 43.0 Å². The Bertz CT molecular complexity index is 1070. The van der Waals surface area contributed by atoms with Gasteiger partial charge in [0.15, 0.2) is 11.6 Å². The Morgan fingerprint density at radius 3 is 2.83 bits per heavy atom. The molecule has 2 N–H and O–H groups in total. The van der Waals surface area contributed by atoms with Gasteiger partial charge in [-0.1, -0.05) is 17.9 Å². The molecule has 0 spiro atoms. The molecular weight excluding hydrogens is 391 g/mol. The number of hydrogen-bond donors (Lipinski definition) is 2. The lowest BCUT2D eigenvalue weighted by molar-refractivity contribution is -0.122. The molecule has 1 unspecified atom stereocenters. The smallest absolute Gasteiger partial charge is 0.323 e. The Kier molecular flexibility index (Phi) is 5.69. The first kappa shape index (κ1) is 20.8. The number of carbonyl (C=O) groups excluding carboxylic acids is 3. The predicted octanol–water partition coefficient (Wildman–Crippen LogP) is 1.53. The molecule has 0 saturated carbocycles. The number of nitrogens with zero attached hydrogens (tertiary/aromatic N) is 2. The molecule has 0 radical (unpaired) electrons. The van der Waals surface area contributed by atoms with Gasteiger partial charge in [-0.15, -0.1) is 0 Å². The number of benzene rings is 1. The van der Waals surface area contributed by atoms with Crippen molar-refractivity contribution >= 4 is 24.6 Å². The fourth-order valence-electron chi connectivity index (χ4n) is 3.19. The second kappa shape index (κ2) is 8.21. The van der Waals surface area contributed by atoms with E-state index in [1.54, 1.807) is 25.1 Å². The molecule has 4 amide bonds. The molecule has 1 aromatic carbocycles. The molecule has 1 fully saturated rings. The number of halogens is 1. The van der Waals surface area contributed by atoms with Gasteiger partial charge in [0.1, 0.15) is 0 Å². The highest BCUT2D eigenvalue weighted by atomic mass is 19.1. The van der Waals surface area contributed by atoms with Crippen LogP contribution in [0.15, 0.2) is 41.1 Å². The SMILES string of the molecule is C=NC=CC=C(C)C#CC1(CN2Cc3ccc(OC)c(F)c3C2=O)NC(=O)NC1=O. The van der Waals surface area contributed by atoms with E-state index in [1.165, 1.54) is 24.3 Å². The van der Waals surface area contributed by atoms with Crippen LogP contribution in [0.25, 0.3) is 0 Å². The van der Waals surface area contributed by atoms with Crippen LogP contribution in [-0.4, -0.2) is 48.7 Å². The summed E-state index contributed by atoms with van der Waals surface area (Å²) >= 11 is 0. The molecule has 0 aromatic heterocycles. The summed E-state index contributed by atoms with van der Waals surface area (Å²) in [7, 11) is 1.31. The summed E-state index contributed by atoms with van der Waals surface area (Å²) in [5.74, 6) is 3.47. The number of imide groups is 1. The van der Waals surface area contributed by atoms with Gasteiger partial charge in [0.05, 0.1) is 19.2 Å². The molecule has 1 aromatic rings. The molecule has 2 heterocycles. The molecule has 1 saturated heterocycles. The van der Waals surface area contributed by atoms with Crippen LogP contribution in [-0.2, 0) is 11.3 Å². The molecule has 2 aliphatic rings. The lowest BCUT2D eigenvalue weighted by Crippen LogP contribution is -2.54. The maximum absolute atomic E-state index is 14.6. The molecule has 154 valence electrons. The molecule has 2 aliphatic heterocycles. The number of hydrogen-bond acceptors (Lipinski definition) is 5. The van der Waals surface area contributed by atoms with Crippen molar-refractivity contribution in [1.82, 2.24) is 15.5 Å². The van der Waals surface area contributed by atoms with Crippen molar-refractivity contribution < 1.29 is 23.5 Å². The van der Waals surface area contributed by atoms with Crippen LogP contribution in [0.5, 0.6) is 5.75 Å². The van der Waals surface area contributed by atoms with Crippen molar-refractivity contribution in [1.29, 1.82) is 0 Å². The summed E-state index contributed by atoms with van der Waals surface area (Å²) in [5, 5.41) is 4.63. The Hall–Kier alpha value is -3.93. The first-order chi connectivity index (χ1) is 14.3. The van der Waals surface area contributed by atoms with Crippen LogP contribution < -0.4 is 15.4 Å². The minimum atomic E-state index is -1.66. The van der Waals surface area contributed by atoms with E-state index < -0.39 is 29.2 Å². The largest absolute Gasteiger partial charge is 0.494 e. The molecule has 3 rings (SSSR count). The molecule has 0 aliphatic carbocycles. The zero-order valence-electron chi connectivity index (χ0n) is 16.4. The molecule has 0 bridgehead atoms. The molecule has 30 heavy (non-hydrogen) atoms. The van der Waals surface area contributed by atoms with Crippen LogP contribution in [0.4, 0.5) is 9.18 Å². The van der Waals surface area contributed by atoms with Gasteiger partial charge in [-0.2, -0.15) is 0 Å². The number of aliphatic imine (C=N–C) groups is 1. The van der Waals surface area contributed by atoms with E-state index in [-0.39, 0.29) is 24.4 Å². The van der Waals surface area contributed by atoms with Gasteiger partial charge < -0.3 is 15.0 Å². The zero-order valence-corrected chi connectivity index (χ0v) is 16.4. The Morgan fingerprint density at radius 1 is 1.43 bits per heavy atom. The van der Waals surface area contributed by atoms with Gasteiger partial charge in [0.2, 0.25) is 5.54 Å². The quantitative estimate of drug-likeness (QED) is 0.333. The van der Waals surface area contributed by atoms with Crippen molar-refractivity contribution in [2.75, 3.05) is 13.7 Å². The Labute approximate surface area is 172 Å². The van der Waals surface area contributed by atoms with E-state index in [0.717, 1.165) is 0 Å². The highest BCUT2D eigenvalue weighted by Crippen LogP contribution is 2.31. The fourth-order valence-corrected chi connectivity index (χ4v) is 3.19. The first-order valence-electron chi connectivity index (χ1n) is 8.92. The number of carbonyl (C=O) groups is 3. The summed E-state index contributed by atoms with van der Waals surface area (Å²) < 4.78 is 19.5. The highest BCUT2D eigenvalue weighted by molar-refractivity contribution is 6.10. The van der Waals surface area contributed by atoms with Crippen LogP contribution in [0.3, 0.4) is 0 Å². The van der Waals surface area contributed by atoms with E-state index in [0.29, 0.717) is 11.1 Å². The number of methoxy groups -OCH3 is 1. The topological polar surface area (TPSA) is 100 Å². The van der Waals surface area contributed by atoms with E-state index >= 15 is 0 Å². The Balaban J connectivity index is 1.92. The summed E-state index contributed by atoms with van der Waals surface area (Å²) in [6, 6.07) is 2.31. The second-order valence-corrected chi connectivity index (χ2v) is 6.71. The summed E-state index contributed by atoms with van der Waals surface area (Å²) in [4.78, 5) is 42.0. The number of fused-ring (bicyclic) bond motifs is 1. The van der Waals surface area contributed by atoms with Crippen molar-refractivity contribution in [3.63, 3.8) is 0 Å². The maximum atomic E-state index is 14.6. The van der Waals surface area contributed by atoms with Gasteiger partial charge in [0.25, 0.3) is 11.8 Å². The first-order valence-corrected chi connectivity index (χ1v) is 8.92. The number of amides is 4. The van der Waals surface area contributed by atoms with Crippen LogP contribution >= 0.6 is 0 Å². The number of rotatable bonds is 5. The molecule has 8 nitrogen and oxygen atoms in total. The van der Waals surface area contributed by atoms with Crippen LogP contribution in [0, 0.1) is 17.7 Å². The third-order valence-corrected chi connectivity index (χ3v) is 4.66. The van der Waals surface area contributed by atoms with Crippen molar-refractivity contribution in [2.45, 2.75) is 19.0 Å². The van der Waals surface area contributed by atoms with Gasteiger partial charge in [-0.25, -0.2) is 9.18 Å². The van der Waals surface area contributed by atoms with E-state index in [2.05, 4.69) is 34.2 Å². The average molecular weight is 410 g/mol. The summed E-state index contributed by atoms with van der Waals surface area (Å²) in [6.45, 7) is 4.86. The number of urea groups is 1. The van der Waals surface area contributed by atoms with Crippen molar-refractivity contribution in [2.24, 2.45) is 4.99 Å². The minimum Gasteiger partial charge on any atom is -0.494 e. The maximum Gasteiger partial charge on any atom is 0.323 e. The normalized spacial score (nSPS) is 20.6. The van der Waals surface area contributed by atoms with Gasteiger partial charge in [0, 0.05) is 12.7 Å². The van der Waals surface area contributed by atoms with Gasteiger partial charge in [-0.3, -0.25) is 19.9 Å². The minimum absolute atomic E-state index is 0.0480. The van der Waals surface area contributed by atoms with Crippen molar-refractivity contribution in [3.05, 3.63) is 53.0 Å². The Morgan fingerprint density at radius 2 is 2.20 bits per heavy atom. The van der Waals surface area contributed by atoms with Crippen molar-refractivity contribution in [3.8, 4) is 17.6 Å². The van der Waals surface area contributed by atoms with E-state index in [9.17, 15) is 18.8 Å². The summed E-state index contributed by atoms with van der Waals surface area (Å²) in [6.07, 6.45) is 4.74. The highest BCUT2D eigenvalue weighted by Gasteiger charge is 2.48. The van der Waals surface area contributed by atoms with E-state index in [1.807, 2.05) is 0 Å². The predicted molar refractivity (Wildman–Crippen MR) is 107 cm³/mol. The molecule has 9 heteroatoms. The average Bonchev–Trinajstić information content (AvgIpc) is 3.17. The lowest BCUT2D eigenvalue weighted by atomic mass is 9.99. The standard InChI is InChI=1S/C21H19FN4O4/c1-13(5-4-10-23-2)8-9-21(19(28)24-20(29)25-21)12-26-11-14-6-7-15(30-3)17(22)16(14)18(26)27/h4-7,10H,2,11-12H2,1,3H3,(H2,24,25,28,29).